The van der Waals surface area contributed by atoms with Gasteiger partial charge in [-0.05, 0) is 129 Å². The Morgan fingerprint density at radius 1 is 0.976 bits per heavy atom. The summed E-state index contributed by atoms with van der Waals surface area (Å²) >= 11 is 6.47. The van der Waals surface area contributed by atoms with Crippen LogP contribution in [0.5, 0.6) is 5.75 Å². The molecule has 2 aromatic carbocycles. The highest BCUT2D eigenvalue weighted by atomic mass is 127. The number of hydrogen-bond donors (Lipinski definition) is 0. The molecular weight excluding hydrogens is 893 g/mol. The fraction of sp³-hybridized carbons (Fsp3) is 0.464. The molecule has 1 aliphatic heterocycles. The summed E-state index contributed by atoms with van der Waals surface area (Å²) in [4.78, 5) is 39.4. The van der Waals surface area contributed by atoms with Gasteiger partial charge in [0.25, 0.3) is 0 Å². The van der Waals surface area contributed by atoms with Gasteiger partial charge in [-0.15, -0.1) is 0 Å². The Morgan fingerprint density at radius 3 is 2.41 bits per heavy atom. The number of benzene rings is 2. The van der Waals surface area contributed by atoms with Gasteiger partial charge in [-0.25, -0.2) is 13.2 Å². The lowest BCUT2D eigenvalue weighted by molar-refractivity contribution is -0.149. The van der Waals surface area contributed by atoms with Crippen LogP contribution in [-0.4, -0.2) is 43.1 Å². The van der Waals surface area contributed by atoms with Gasteiger partial charge in [-0.2, -0.15) is 0 Å². The Hall–Kier alpha value is -1.05. The van der Waals surface area contributed by atoms with E-state index < -0.39 is 58.0 Å². The fourth-order valence-electron chi connectivity index (χ4n) is 7.07. The molecule has 218 valence electrons. The monoisotopic (exact) mass is 917 g/mol. The molecule has 6 rings (SSSR count). The van der Waals surface area contributed by atoms with E-state index in [9.17, 15) is 27.4 Å². The van der Waals surface area contributed by atoms with Crippen LogP contribution < -0.4 is 4.74 Å². The van der Waals surface area contributed by atoms with E-state index in [2.05, 4.69) is 67.8 Å². The molecule has 1 saturated heterocycles. The summed E-state index contributed by atoms with van der Waals surface area (Å²) in [5, 5.41) is 0. The van der Waals surface area contributed by atoms with Gasteiger partial charge < -0.3 is 18.8 Å². The molecule has 0 N–H and O–H groups in total. The third kappa shape index (κ3) is 5.43. The van der Waals surface area contributed by atoms with Crippen LogP contribution in [-0.2, 0) is 29.2 Å². The van der Waals surface area contributed by atoms with Crippen LogP contribution in [0.15, 0.2) is 35.2 Å². The minimum atomic E-state index is -4.72. The molecule has 6 unspecified atom stereocenters. The van der Waals surface area contributed by atoms with Crippen LogP contribution in [0.3, 0.4) is 0 Å². The van der Waals surface area contributed by atoms with Gasteiger partial charge in [-0.1, -0.05) is 19.3 Å². The number of carbonyl (C=O) groups excluding carboxylic acids is 3. The van der Waals surface area contributed by atoms with Gasteiger partial charge >= 0.3 is 17.9 Å². The molecule has 0 spiro atoms. The highest BCUT2D eigenvalue weighted by Crippen LogP contribution is 2.59. The summed E-state index contributed by atoms with van der Waals surface area (Å²) in [6.45, 7) is 0. The van der Waals surface area contributed by atoms with E-state index in [1.54, 1.807) is 6.07 Å². The number of carbonyl (C=O) groups is 3. The summed E-state index contributed by atoms with van der Waals surface area (Å²) in [7, 11) is -4.72. The van der Waals surface area contributed by atoms with E-state index in [1.165, 1.54) is 18.2 Å². The summed E-state index contributed by atoms with van der Waals surface area (Å²) in [5.41, 5.74) is 0.772. The largest absolute Gasteiger partial charge is 0.744 e. The molecular formula is C28H24I3O9S-. The molecule has 4 fully saturated rings. The molecule has 0 radical (unpaired) electrons. The lowest BCUT2D eigenvalue weighted by atomic mass is 9.78. The molecule has 2 aromatic rings. The fourth-order valence-corrected chi connectivity index (χ4v) is 9.95. The van der Waals surface area contributed by atoms with E-state index >= 15 is 0 Å². The molecule has 6 atom stereocenters. The lowest BCUT2D eigenvalue weighted by Crippen LogP contribution is -2.44. The standard InChI is InChI=1S/C28H25I3O9S/c29-18-8-7-14(22(30)23(18)31)26(32)39-24-16-11-17-21(28(34)40-25(17)24)20(16)27(33)38-13-6-9-19(41(35,36)37)15(10-13)12-4-2-1-3-5-12/h6-10,12,16-17,20-21,24-25H,1-5,11H2,(H,35,36,37)/p-1. The Kier molecular flexibility index (Phi) is 8.39. The van der Waals surface area contributed by atoms with Crippen molar-refractivity contribution in [2.45, 2.75) is 61.5 Å². The average Bonchev–Trinajstić information content (AvgIpc) is 3.55. The van der Waals surface area contributed by atoms with Crippen LogP contribution in [0.2, 0.25) is 0 Å². The van der Waals surface area contributed by atoms with Crippen molar-refractivity contribution in [1.82, 2.24) is 0 Å². The normalized spacial score (nSPS) is 28.9. The molecule has 0 amide bonds. The number of esters is 3. The highest BCUT2D eigenvalue weighted by molar-refractivity contribution is 14.1. The Morgan fingerprint density at radius 2 is 1.71 bits per heavy atom. The average molecular weight is 917 g/mol. The van der Waals surface area contributed by atoms with Gasteiger partial charge in [0.2, 0.25) is 0 Å². The van der Waals surface area contributed by atoms with Crippen molar-refractivity contribution >= 4 is 95.8 Å². The number of fused-ring (bicyclic) bond motifs is 1. The maximum Gasteiger partial charge on any atom is 0.339 e. The maximum atomic E-state index is 13.6. The zero-order valence-corrected chi connectivity index (χ0v) is 28.7. The van der Waals surface area contributed by atoms with Crippen molar-refractivity contribution in [2.75, 3.05) is 0 Å². The van der Waals surface area contributed by atoms with Crippen LogP contribution in [0.25, 0.3) is 0 Å². The van der Waals surface area contributed by atoms with Gasteiger partial charge in [0.05, 0.1) is 22.3 Å². The van der Waals surface area contributed by atoms with Crippen LogP contribution in [0, 0.1) is 34.4 Å². The minimum absolute atomic E-state index is 0.116. The first kappa shape index (κ1) is 30.0. The molecule has 3 aliphatic carbocycles. The zero-order chi connectivity index (χ0) is 29.2. The predicted octanol–water partition coefficient (Wildman–Crippen LogP) is 5.39. The SMILES string of the molecule is O=C(OC1C2CC3C1OC(=O)C3C2C(=O)Oc1ccc(S(=O)(=O)[O-])c(C2CCCCC2)c1)c1ccc(I)c(I)c1I. The number of halogens is 3. The first-order chi connectivity index (χ1) is 19.5. The first-order valence-electron chi connectivity index (χ1n) is 13.3. The highest BCUT2D eigenvalue weighted by Gasteiger charge is 2.70. The van der Waals surface area contributed by atoms with Crippen molar-refractivity contribution in [3.8, 4) is 5.75 Å². The Labute approximate surface area is 278 Å². The smallest absolute Gasteiger partial charge is 0.339 e. The lowest BCUT2D eigenvalue weighted by Gasteiger charge is -2.30. The molecule has 2 bridgehead atoms. The van der Waals surface area contributed by atoms with Gasteiger partial charge in [0, 0.05) is 22.5 Å². The molecule has 1 heterocycles. The number of ether oxygens (including phenoxy) is 3. The third-order valence-electron chi connectivity index (χ3n) is 8.83. The second-order valence-corrected chi connectivity index (χ2v) is 15.7. The van der Waals surface area contributed by atoms with Crippen molar-refractivity contribution in [1.29, 1.82) is 0 Å². The predicted molar refractivity (Wildman–Crippen MR) is 168 cm³/mol. The minimum Gasteiger partial charge on any atom is -0.744 e. The third-order valence-corrected chi connectivity index (χ3v) is 14.9. The van der Waals surface area contributed by atoms with E-state index in [1.807, 2.05) is 6.07 Å². The zero-order valence-electron chi connectivity index (χ0n) is 21.4. The second kappa shape index (κ2) is 11.5. The first-order valence-corrected chi connectivity index (χ1v) is 18.0. The summed E-state index contributed by atoms with van der Waals surface area (Å²) in [5.74, 6) is -3.99. The number of hydrogen-bond acceptors (Lipinski definition) is 9. The van der Waals surface area contributed by atoms with Crippen molar-refractivity contribution in [3.63, 3.8) is 0 Å². The van der Waals surface area contributed by atoms with Crippen LogP contribution >= 0.6 is 67.8 Å². The summed E-state index contributed by atoms with van der Waals surface area (Å²) in [6, 6.07) is 7.50. The maximum absolute atomic E-state index is 13.6. The Balaban J connectivity index is 1.25. The second-order valence-electron chi connectivity index (χ2n) is 11.0. The molecule has 4 aliphatic rings. The van der Waals surface area contributed by atoms with Gasteiger partial charge in [0.1, 0.15) is 28.1 Å². The van der Waals surface area contributed by atoms with Crippen molar-refractivity contribution in [3.05, 3.63) is 52.2 Å². The molecule has 3 saturated carbocycles. The number of rotatable bonds is 6. The van der Waals surface area contributed by atoms with Gasteiger partial charge in [-0.3, -0.25) is 9.59 Å². The van der Waals surface area contributed by atoms with E-state index in [0.717, 1.165) is 42.8 Å². The quantitative estimate of drug-likeness (QED) is 0.123. The topological polar surface area (TPSA) is 136 Å². The van der Waals surface area contributed by atoms with E-state index in [4.69, 9.17) is 14.2 Å². The molecule has 0 aromatic heterocycles. The van der Waals surface area contributed by atoms with Crippen molar-refractivity contribution < 1.29 is 41.6 Å². The molecule has 41 heavy (non-hydrogen) atoms. The Bertz CT molecular complexity index is 1550. The summed E-state index contributed by atoms with van der Waals surface area (Å²) < 4.78 is 55.9. The van der Waals surface area contributed by atoms with Crippen LogP contribution in [0.4, 0.5) is 0 Å². The van der Waals surface area contributed by atoms with Crippen molar-refractivity contribution in [2.24, 2.45) is 23.7 Å². The van der Waals surface area contributed by atoms with Gasteiger partial charge in [0.15, 0.2) is 0 Å². The van der Waals surface area contributed by atoms with E-state index in [0.29, 0.717) is 17.5 Å². The van der Waals surface area contributed by atoms with Crippen LogP contribution in [0.1, 0.15) is 60.4 Å². The van der Waals surface area contributed by atoms with E-state index in [-0.39, 0.29) is 22.5 Å². The summed E-state index contributed by atoms with van der Waals surface area (Å²) in [6.07, 6.45) is 3.46. The molecule has 9 nitrogen and oxygen atoms in total. The molecule has 13 heteroatoms.